The van der Waals surface area contributed by atoms with Crippen molar-refractivity contribution in [2.45, 2.75) is 24.9 Å². The first-order chi connectivity index (χ1) is 13.1. The van der Waals surface area contributed by atoms with Crippen molar-refractivity contribution in [3.05, 3.63) is 65.7 Å². The van der Waals surface area contributed by atoms with Crippen LogP contribution in [0.1, 0.15) is 28.8 Å². The number of hydrogen-bond acceptors (Lipinski definition) is 4. The number of carboxylic acid groups (broad SMARTS) is 1. The Bertz CT molecular complexity index is 847. The summed E-state index contributed by atoms with van der Waals surface area (Å²) in [5.41, 5.74) is 1.62. The van der Waals surface area contributed by atoms with Crippen molar-refractivity contribution in [1.82, 2.24) is 10.2 Å². The number of nitrogens with zero attached hydrogens (tertiary/aromatic N) is 2. The molecule has 2 aromatic carbocycles. The van der Waals surface area contributed by atoms with Gasteiger partial charge in [0.05, 0.1) is 12.2 Å². The Morgan fingerprint density at radius 3 is 2.52 bits per heavy atom. The van der Waals surface area contributed by atoms with Crippen molar-refractivity contribution in [3.8, 4) is 0 Å². The number of carboxylic acids is 1. The Morgan fingerprint density at radius 1 is 1.07 bits per heavy atom. The van der Waals surface area contributed by atoms with E-state index in [1.165, 1.54) is 0 Å². The normalized spacial score (nSPS) is 18.9. The van der Waals surface area contributed by atoms with Crippen LogP contribution in [-0.4, -0.2) is 47.2 Å². The second kappa shape index (κ2) is 7.04. The summed E-state index contributed by atoms with van der Waals surface area (Å²) in [6.07, 6.45) is 1.54. The van der Waals surface area contributed by atoms with Gasteiger partial charge < -0.3 is 20.2 Å². The standard InChI is InChI=1S/C21H23N3O3/c25-19(26)17-6-4-5-16(13-17)14-23-15-24(18-7-2-1-3-8-18)21(20(23)27)9-11-22-12-10-21/h1-8,13,22H,9-12,14-15H2,(H,25,26). The van der Waals surface area contributed by atoms with Crippen LogP contribution in [0.3, 0.4) is 0 Å². The van der Waals surface area contributed by atoms with Crippen molar-refractivity contribution in [1.29, 1.82) is 0 Å². The number of aromatic carboxylic acids is 1. The van der Waals surface area contributed by atoms with Gasteiger partial charge in [-0.1, -0.05) is 30.3 Å². The quantitative estimate of drug-likeness (QED) is 0.870. The van der Waals surface area contributed by atoms with E-state index < -0.39 is 11.5 Å². The number of nitrogens with one attached hydrogen (secondary N) is 1. The lowest BCUT2D eigenvalue weighted by Crippen LogP contribution is -2.55. The van der Waals surface area contributed by atoms with Crippen molar-refractivity contribution < 1.29 is 14.7 Å². The lowest BCUT2D eigenvalue weighted by molar-refractivity contribution is -0.133. The number of piperidine rings is 1. The number of anilines is 1. The molecule has 0 aliphatic carbocycles. The molecule has 2 aliphatic rings. The van der Waals surface area contributed by atoms with Gasteiger partial charge in [-0.05, 0) is 55.8 Å². The Kier molecular flexibility index (Phi) is 4.58. The van der Waals surface area contributed by atoms with E-state index in [0.29, 0.717) is 13.2 Å². The molecular weight excluding hydrogens is 342 g/mol. The van der Waals surface area contributed by atoms with Crippen molar-refractivity contribution >= 4 is 17.6 Å². The highest BCUT2D eigenvalue weighted by Crippen LogP contribution is 2.38. The number of benzene rings is 2. The van der Waals surface area contributed by atoms with Gasteiger partial charge in [-0.2, -0.15) is 0 Å². The molecule has 2 N–H and O–H groups in total. The van der Waals surface area contributed by atoms with Crippen molar-refractivity contribution in [2.24, 2.45) is 0 Å². The molecule has 0 aromatic heterocycles. The Balaban J connectivity index is 1.64. The zero-order chi connectivity index (χ0) is 18.9. The maximum absolute atomic E-state index is 13.4. The van der Waals surface area contributed by atoms with Gasteiger partial charge in [0.1, 0.15) is 5.54 Å². The largest absolute Gasteiger partial charge is 0.478 e. The molecule has 6 heteroatoms. The molecule has 0 atom stereocenters. The highest BCUT2D eigenvalue weighted by molar-refractivity contribution is 5.93. The predicted octanol–water partition coefficient (Wildman–Crippen LogP) is 2.31. The molecule has 6 nitrogen and oxygen atoms in total. The molecule has 0 bridgehead atoms. The summed E-state index contributed by atoms with van der Waals surface area (Å²) in [6.45, 7) is 2.56. The van der Waals surface area contributed by atoms with E-state index in [9.17, 15) is 14.7 Å². The third-order valence-electron chi connectivity index (χ3n) is 5.56. The van der Waals surface area contributed by atoms with Gasteiger partial charge in [-0.3, -0.25) is 4.79 Å². The van der Waals surface area contributed by atoms with Gasteiger partial charge in [0.25, 0.3) is 0 Å². The molecule has 27 heavy (non-hydrogen) atoms. The minimum absolute atomic E-state index is 0.133. The maximum Gasteiger partial charge on any atom is 0.335 e. The summed E-state index contributed by atoms with van der Waals surface area (Å²) in [4.78, 5) is 28.7. The summed E-state index contributed by atoms with van der Waals surface area (Å²) in [6, 6.07) is 16.9. The smallest absolute Gasteiger partial charge is 0.335 e. The van der Waals surface area contributed by atoms with Crippen LogP contribution in [0.15, 0.2) is 54.6 Å². The van der Waals surface area contributed by atoms with E-state index in [0.717, 1.165) is 37.2 Å². The topological polar surface area (TPSA) is 72.9 Å². The fraction of sp³-hybridized carbons (Fsp3) is 0.333. The maximum atomic E-state index is 13.4. The van der Waals surface area contributed by atoms with Crippen LogP contribution in [0.2, 0.25) is 0 Å². The zero-order valence-electron chi connectivity index (χ0n) is 15.1. The van der Waals surface area contributed by atoms with E-state index in [1.54, 1.807) is 18.2 Å². The van der Waals surface area contributed by atoms with Crippen LogP contribution in [-0.2, 0) is 11.3 Å². The van der Waals surface area contributed by atoms with Gasteiger partial charge >= 0.3 is 5.97 Å². The average Bonchev–Trinajstić information content (AvgIpc) is 2.95. The summed E-state index contributed by atoms with van der Waals surface area (Å²) >= 11 is 0. The molecule has 1 spiro atoms. The molecule has 2 fully saturated rings. The van der Waals surface area contributed by atoms with Gasteiger partial charge in [0, 0.05) is 12.2 Å². The molecule has 0 unspecified atom stereocenters. The summed E-state index contributed by atoms with van der Waals surface area (Å²) < 4.78 is 0. The van der Waals surface area contributed by atoms with E-state index >= 15 is 0 Å². The lowest BCUT2D eigenvalue weighted by atomic mass is 9.86. The van der Waals surface area contributed by atoms with E-state index in [-0.39, 0.29) is 11.5 Å². The summed E-state index contributed by atoms with van der Waals surface area (Å²) in [5.74, 6) is -0.820. The van der Waals surface area contributed by atoms with Crippen LogP contribution < -0.4 is 10.2 Å². The number of rotatable bonds is 4. The minimum atomic E-state index is -0.953. The van der Waals surface area contributed by atoms with Crippen LogP contribution >= 0.6 is 0 Å². The Labute approximate surface area is 158 Å². The first-order valence-electron chi connectivity index (χ1n) is 9.25. The highest BCUT2D eigenvalue weighted by atomic mass is 16.4. The fourth-order valence-corrected chi connectivity index (χ4v) is 4.19. The molecule has 2 heterocycles. The molecular formula is C21H23N3O3. The molecule has 0 saturated carbocycles. The second-order valence-corrected chi connectivity index (χ2v) is 7.20. The van der Waals surface area contributed by atoms with Crippen molar-refractivity contribution in [3.63, 3.8) is 0 Å². The number of para-hydroxylation sites is 1. The van der Waals surface area contributed by atoms with E-state index in [2.05, 4.69) is 10.2 Å². The minimum Gasteiger partial charge on any atom is -0.478 e. The number of carbonyl (C=O) groups excluding carboxylic acids is 1. The van der Waals surface area contributed by atoms with E-state index in [4.69, 9.17) is 0 Å². The highest BCUT2D eigenvalue weighted by Gasteiger charge is 2.52. The molecule has 2 saturated heterocycles. The first kappa shape index (κ1) is 17.5. The predicted molar refractivity (Wildman–Crippen MR) is 103 cm³/mol. The molecule has 1 amide bonds. The first-order valence-corrected chi connectivity index (χ1v) is 9.25. The molecule has 4 rings (SSSR count). The molecule has 140 valence electrons. The summed E-state index contributed by atoms with van der Waals surface area (Å²) in [7, 11) is 0. The van der Waals surface area contributed by atoms with Crippen LogP contribution in [0.5, 0.6) is 0 Å². The van der Waals surface area contributed by atoms with Gasteiger partial charge in [-0.25, -0.2) is 4.79 Å². The lowest BCUT2D eigenvalue weighted by Gasteiger charge is -2.40. The monoisotopic (exact) mass is 365 g/mol. The summed E-state index contributed by atoms with van der Waals surface area (Å²) in [5, 5.41) is 12.6. The molecule has 0 radical (unpaired) electrons. The fourth-order valence-electron chi connectivity index (χ4n) is 4.19. The van der Waals surface area contributed by atoms with Crippen molar-refractivity contribution in [2.75, 3.05) is 24.7 Å². The third-order valence-corrected chi connectivity index (χ3v) is 5.56. The van der Waals surface area contributed by atoms with Gasteiger partial charge in [0.15, 0.2) is 0 Å². The SMILES string of the molecule is O=C(O)c1cccc(CN2CN(c3ccccc3)C3(CCNCC3)C2=O)c1. The van der Waals surface area contributed by atoms with Crippen LogP contribution in [0.4, 0.5) is 5.69 Å². The van der Waals surface area contributed by atoms with E-state index in [1.807, 2.05) is 41.3 Å². The number of carbonyl (C=O) groups is 2. The Morgan fingerprint density at radius 2 is 1.81 bits per heavy atom. The second-order valence-electron chi connectivity index (χ2n) is 7.20. The molecule has 2 aromatic rings. The molecule has 2 aliphatic heterocycles. The average molecular weight is 365 g/mol. The van der Waals surface area contributed by atoms with Crippen LogP contribution in [0, 0.1) is 0 Å². The third kappa shape index (κ3) is 3.17. The zero-order valence-corrected chi connectivity index (χ0v) is 15.1. The number of amides is 1. The number of hydrogen-bond donors (Lipinski definition) is 2. The van der Waals surface area contributed by atoms with Crippen LogP contribution in [0.25, 0.3) is 0 Å². The Hall–Kier alpha value is -2.86. The van der Waals surface area contributed by atoms with Gasteiger partial charge in [0.2, 0.25) is 5.91 Å². The van der Waals surface area contributed by atoms with Gasteiger partial charge in [-0.15, -0.1) is 0 Å².